The van der Waals surface area contributed by atoms with E-state index in [0.717, 1.165) is 17.7 Å². The molecule has 0 bridgehead atoms. The molecule has 3 aromatic rings. The van der Waals surface area contributed by atoms with E-state index in [9.17, 15) is 9.59 Å². The van der Waals surface area contributed by atoms with Crippen molar-refractivity contribution >= 4 is 57.7 Å². The Kier molecular flexibility index (Phi) is 6.36. The lowest BCUT2D eigenvalue weighted by atomic mass is 10.2. The number of aromatic nitrogens is 2. The number of benzene rings is 1. The van der Waals surface area contributed by atoms with Gasteiger partial charge in [0, 0.05) is 17.6 Å². The second-order valence-electron chi connectivity index (χ2n) is 6.67. The monoisotopic (exact) mass is 453 g/mol. The highest BCUT2D eigenvalue weighted by Gasteiger charge is 2.32. The average molecular weight is 454 g/mol. The van der Waals surface area contributed by atoms with Gasteiger partial charge in [0.25, 0.3) is 11.5 Å². The Morgan fingerprint density at radius 2 is 1.90 bits per heavy atom. The fraction of sp³-hybridized carbons (Fsp3) is 0.182. The molecule has 1 fully saturated rings. The standard InChI is InChI=1S/C22H19N3O2S3/c1-2-3-12-25-21(27)17(30-22(25)28)14-16-19(29-15-9-5-4-6-10-15)23-18-11-7-8-13-24(18)20(16)26/h4-11,13-14H,2-3,12H2,1H3/b17-14-. The first kappa shape index (κ1) is 20.8. The molecule has 0 spiro atoms. The van der Waals surface area contributed by atoms with Gasteiger partial charge in [0.1, 0.15) is 15.0 Å². The number of carbonyl (C=O) groups excluding carboxylic acids is 1. The predicted octanol–water partition coefficient (Wildman–Crippen LogP) is 4.85. The highest BCUT2D eigenvalue weighted by molar-refractivity contribution is 8.26. The Balaban J connectivity index is 1.81. The summed E-state index contributed by atoms with van der Waals surface area (Å²) in [5.74, 6) is -0.147. The Labute approximate surface area is 188 Å². The van der Waals surface area contributed by atoms with Crippen LogP contribution in [0.1, 0.15) is 25.3 Å². The van der Waals surface area contributed by atoms with Crippen LogP contribution in [0.4, 0.5) is 0 Å². The Morgan fingerprint density at radius 1 is 1.13 bits per heavy atom. The molecule has 0 N–H and O–H groups in total. The second-order valence-corrected chi connectivity index (χ2v) is 9.40. The molecule has 0 saturated carbocycles. The van der Waals surface area contributed by atoms with Crippen LogP contribution in [0.25, 0.3) is 11.7 Å². The van der Waals surface area contributed by atoms with Gasteiger partial charge >= 0.3 is 0 Å². The topological polar surface area (TPSA) is 54.7 Å². The lowest BCUT2D eigenvalue weighted by Crippen LogP contribution is -2.29. The fourth-order valence-electron chi connectivity index (χ4n) is 3.02. The van der Waals surface area contributed by atoms with E-state index >= 15 is 0 Å². The van der Waals surface area contributed by atoms with Crippen molar-refractivity contribution in [2.45, 2.75) is 29.7 Å². The summed E-state index contributed by atoms with van der Waals surface area (Å²) in [6.07, 6.45) is 5.19. The summed E-state index contributed by atoms with van der Waals surface area (Å²) in [6, 6.07) is 15.2. The summed E-state index contributed by atoms with van der Waals surface area (Å²) in [6.45, 7) is 2.67. The minimum absolute atomic E-state index is 0.147. The second kappa shape index (κ2) is 9.16. The number of hydrogen-bond donors (Lipinski definition) is 0. The number of unbranched alkanes of at least 4 members (excludes halogenated alkanes) is 1. The minimum atomic E-state index is -0.210. The van der Waals surface area contributed by atoms with Gasteiger partial charge in [-0.1, -0.05) is 73.4 Å². The zero-order valence-electron chi connectivity index (χ0n) is 16.3. The molecule has 4 rings (SSSR count). The van der Waals surface area contributed by atoms with Gasteiger partial charge in [-0.2, -0.15) is 0 Å². The molecule has 1 amide bonds. The number of amides is 1. The molecule has 30 heavy (non-hydrogen) atoms. The van der Waals surface area contributed by atoms with Crippen LogP contribution in [0.3, 0.4) is 0 Å². The van der Waals surface area contributed by atoms with Crippen molar-refractivity contribution in [3.05, 3.63) is 75.6 Å². The van der Waals surface area contributed by atoms with Gasteiger partial charge in [0.15, 0.2) is 0 Å². The van der Waals surface area contributed by atoms with E-state index in [1.807, 2.05) is 36.4 Å². The van der Waals surface area contributed by atoms with Crippen LogP contribution in [0.5, 0.6) is 0 Å². The summed E-state index contributed by atoms with van der Waals surface area (Å²) in [4.78, 5) is 33.9. The molecule has 1 aromatic carbocycles. The maximum Gasteiger partial charge on any atom is 0.266 e. The third-order valence-corrected chi connectivity index (χ3v) is 6.97. The Hall–Kier alpha value is -2.42. The van der Waals surface area contributed by atoms with Crippen LogP contribution in [0, 0.1) is 0 Å². The zero-order chi connectivity index (χ0) is 21.1. The van der Waals surface area contributed by atoms with Crippen LogP contribution in [-0.4, -0.2) is 31.1 Å². The van der Waals surface area contributed by atoms with Crippen LogP contribution >= 0.6 is 35.7 Å². The maximum absolute atomic E-state index is 13.3. The molecular formula is C22H19N3O2S3. The zero-order valence-corrected chi connectivity index (χ0v) is 18.7. The number of rotatable bonds is 6. The lowest BCUT2D eigenvalue weighted by Gasteiger charge is -2.13. The predicted molar refractivity (Wildman–Crippen MR) is 127 cm³/mol. The number of nitrogens with zero attached hydrogens (tertiary/aromatic N) is 3. The lowest BCUT2D eigenvalue weighted by molar-refractivity contribution is -0.122. The van der Waals surface area contributed by atoms with Crippen molar-refractivity contribution < 1.29 is 4.79 Å². The number of hydrogen-bond acceptors (Lipinski definition) is 6. The van der Waals surface area contributed by atoms with E-state index < -0.39 is 0 Å². The maximum atomic E-state index is 13.3. The number of fused-ring (bicyclic) bond motifs is 1. The van der Waals surface area contributed by atoms with Crippen molar-refractivity contribution in [2.75, 3.05) is 6.54 Å². The van der Waals surface area contributed by atoms with Gasteiger partial charge in [-0.05, 0) is 36.8 Å². The molecular weight excluding hydrogens is 434 g/mol. The average Bonchev–Trinajstić information content (AvgIpc) is 3.02. The normalized spacial score (nSPS) is 15.5. The molecule has 1 aliphatic heterocycles. The number of carbonyl (C=O) groups is 1. The quantitative estimate of drug-likeness (QED) is 0.302. The third-order valence-electron chi connectivity index (χ3n) is 4.58. The van der Waals surface area contributed by atoms with Crippen LogP contribution < -0.4 is 5.56 Å². The summed E-state index contributed by atoms with van der Waals surface area (Å²) in [5.41, 5.74) is 0.745. The summed E-state index contributed by atoms with van der Waals surface area (Å²) >= 11 is 8.04. The third kappa shape index (κ3) is 4.21. The molecule has 3 heterocycles. The number of thioether (sulfide) groups is 1. The molecule has 8 heteroatoms. The first-order valence-electron chi connectivity index (χ1n) is 9.58. The minimum Gasteiger partial charge on any atom is -0.293 e. The van der Waals surface area contributed by atoms with Gasteiger partial charge in [-0.3, -0.25) is 18.9 Å². The molecule has 0 aliphatic carbocycles. The van der Waals surface area contributed by atoms with Crippen molar-refractivity contribution in [1.82, 2.24) is 14.3 Å². The van der Waals surface area contributed by atoms with E-state index in [4.69, 9.17) is 17.2 Å². The van der Waals surface area contributed by atoms with Crippen molar-refractivity contribution in [1.29, 1.82) is 0 Å². The van der Waals surface area contributed by atoms with E-state index in [-0.39, 0.29) is 11.5 Å². The summed E-state index contributed by atoms with van der Waals surface area (Å²) in [7, 11) is 0. The molecule has 0 radical (unpaired) electrons. The summed E-state index contributed by atoms with van der Waals surface area (Å²) < 4.78 is 2.03. The number of thiocarbonyl (C=S) groups is 1. The Morgan fingerprint density at radius 3 is 2.67 bits per heavy atom. The van der Waals surface area contributed by atoms with E-state index in [1.165, 1.54) is 27.9 Å². The largest absolute Gasteiger partial charge is 0.293 e. The molecule has 1 saturated heterocycles. The van der Waals surface area contributed by atoms with Crippen LogP contribution in [0.2, 0.25) is 0 Å². The van der Waals surface area contributed by atoms with E-state index in [0.29, 0.717) is 32.0 Å². The van der Waals surface area contributed by atoms with E-state index in [1.54, 1.807) is 29.3 Å². The van der Waals surface area contributed by atoms with Gasteiger partial charge in [0.05, 0.1) is 10.5 Å². The highest BCUT2D eigenvalue weighted by atomic mass is 32.2. The molecule has 0 unspecified atom stereocenters. The van der Waals surface area contributed by atoms with Gasteiger partial charge < -0.3 is 0 Å². The van der Waals surface area contributed by atoms with Crippen LogP contribution in [0.15, 0.2) is 74.3 Å². The van der Waals surface area contributed by atoms with Gasteiger partial charge in [-0.15, -0.1) is 0 Å². The van der Waals surface area contributed by atoms with Crippen molar-refractivity contribution in [3.8, 4) is 0 Å². The number of pyridine rings is 1. The highest BCUT2D eigenvalue weighted by Crippen LogP contribution is 2.35. The molecule has 2 aromatic heterocycles. The van der Waals surface area contributed by atoms with Crippen LogP contribution in [-0.2, 0) is 4.79 Å². The SMILES string of the molecule is CCCCN1C(=O)/C(=C/c2c(Sc3ccccc3)nc3ccccn3c2=O)SC1=S. The van der Waals surface area contributed by atoms with Crippen molar-refractivity contribution in [3.63, 3.8) is 0 Å². The summed E-state index contributed by atoms with van der Waals surface area (Å²) in [5, 5.41) is 0.566. The van der Waals surface area contributed by atoms with E-state index in [2.05, 4.69) is 6.92 Å². The smallest absolute Gasteiger partial charge is 0.266 e. The Bertz CT molecular complexity index is 1210. The van der Waals surface area contributed by atoms with Crippen molar-refractivity contribution in [2.24, 2.45) is 0 Å². The molecule has 0 atom stereocenters. The molecule has 5 nitrogen and oxygen atoms in total. The van der Waals surface area contributed by atoms with Gasteiger partial charge in [0.2, 0.25) is 0 Å². The molecule has 1 aliphatic rings. The fourth-order valence-corrected chi connectivity index (χ4v) is 5.23. The first-order valence-corrected chi connectivity index (χ1v) is 11.6. The first-order chi connectivity index (χ1) is 14.6. The van der Waals surface area contributed by atoms with Gasteiger partial charge in [-0.25, -0.2) is 4.98 Å². The molecule has 152 valence electrons.